The number of para-hydroxylation sites is 1. The van der Waals surface area contributed by atoms with Crippen LogP contribution in [0.5, 0.6) is 5.75 Å². The number of hydrogen-bond acceptors (Lipinski definition) is 3. The molecule has 3 nitrogen and oxygen atoms in total. The van der Waals surface area contributed by atoms with E-state index in [4.69, 9.17) is 4.74 Å². The summed E-state index contributed by atoms with van der Waals surface area (Å²) >= 11 is 1.91. The quantitative estimate of drug-likeness (QED) is 0.899. The fraction of sp³-hybridized carbons (Fsp3) is 0.533. The van der Waals surface area contributed by atoms with E-state index in [1.165, 1.54) is 0 Å². The van der Waals surface area contributed by atoms with Crippen molar-refractivity contribution in [1.29, 1.82) is 0 Å². The lowest BCUT2D eigenvalue weighted by Gasteiger charge is -2.27. The van der Waals surface area contributed by atoms with E-state index in [1.807, 2.05) is 43.0 Å². The standard InChI is InChI=1S/C15H20O3S/c1-11-4-2-3-5-14(11)18-10-13(15(16)17)12-6-8-19-9-7-12/h2-5,12-13H,6-10H2,1H3,(H,16,17). The third kappa shape index (κ3) is 3.90. The molecule has 1 aromatic carbocycles. The molecule has 1 unspecified atom stereocenters. The Morgan fingerprint density at radius 1 is 1.42 bits per heavy atom. The zero-order chi connectivity index (χ0) is 13.7. The Kier molecular flexibility index (Phi) is 5.14. The second-order valence-corrected chi connectivity index (χ2v) is 6.20. The third-order valence-corrected chi connectivity index (χ3v) is 4.71. The average Bonchev–Trinajstić information content (AvgIpc) is 2.42. The predicted octanol–water partition coefficient (Wildman–Crippen LogP) is 3.22. The molecule has 1 fully saturated rings. The Morgan fingerprint density at radius 2 is 2.11 bits per heavy atom. The van der Waals surface area contributed by atoms with Crippen LogP contribution >= 0.6 is 11.8 Å². The van der Waals surface area contributed by atoms with E-state index < -0.39 is 5.97 Å². The summed E-state index contributed by atoms with van der Waals surface area (Å²) in [5.41, 5.74) is 1.05. The SMILES string of the molecule is Cc1ccccc1OCC(C(=O)O)C1CCSCC1. The lowest BCUT2D eigenvalue weighted by atomic mass is 9.88. The highest BCUT2D eigenvalue weighted by atomic mass is 32.2. The molecule has 0 radical (unpaired) electrons. The number of ether oxygens (including phenoxy) is 1. The van der Waals surface area contributed by atoms with Crippen molar-refractivity contribution in [3.63, 3.8) is 0 Å². The first-order chi connectivity index (χ1) is 9.18. The number of hydrogen-bond donors (Lipinski definition) is 1. The summed E-state index contributed by atoms with van der Waals surface area (Å²) in [6.07, 6.45) is 1.97. The number of carbonyl (C=O) groups is 1. The fourth-order valence-electron chi connectivity index (χ4n) is 2.43. The molecular weight excluding hydrogens is 260 g/mol. The van der Waals surface area contributed by atoms with Crippen LogP contribution in [0.3, 0.4) is 0 Å². The summed E-state index contributed by atoms with van der Waals surface area (Å²) in [5.74, 6) is 2.06. The summed E-state index contributed by atoms with van der Waals surface area (Å²) in [6.45, 7) is 2.25. The second kappa shape index (κ2) is 6.85. The molecule has 4 heteroatoms. The van der Waals surface area contributed by atoms with Crippen LogP contribution in [0.2, 0.25) is 0 Å². The van der Waals surface area contributed by atoms with E-state index >= 15 is 0 Å². The Morgan fingerprint density at radius 3 is 2.74 bits per heavy atom. The van der Waals surface area contributed by atoms with Gasteiger partial charge in [-0.25, -0.2) is 0 Å². The first-order valence-corrected chi connectivity index (χ1v) is 7.83. The average molecular weight is 280 g/mol. The molecule has 1 heterocycles. The maximum absolute atomic E-state index is 11.4. The zero-order valence-electron chi connectivity index (χ0n) is 11.2. The van der Waals surface area contributed by atoms with Gasteiger partial charge < -0.3 is 9.84 Å². The van der Waals surface area contributed by atoms with Crippen molar-refractivity contribution in [2.75, 3.05) is 18.1 Å². The van der Waals surface area contributed by atoms with Gasteiger partial charge in [-0.3, -0.25) is 4.79 Å². The number of benzene rings is 1. The monoisotopic (exact) mass is 280 g/mol. The maximum Gasteiger partial charge on any atom is 0.310 e. The van der Waals surface area contributed by atoms with Crippen molar-refractivity contribution >= 4 is 17.7 Å². The van der Waals surface area contributed by atoms with Crippen molar-refractivity contribution in [1.82, 2.24) is 0 Å². The lowest BCUT2D eigenvalue weighted by Crippen LogP contribution is -2.31. The van der Waals surface area contributed by atoms with Gasteiger partial charge in [0.25, 0.3) is 0 Å². The van der Waals surface area contributed by atoms with Crippen LogP contribution in [0.25, 0.3) is 0 Å². The van der Waals surface area contributed by atoms with Gasteiger partial charge >= 0.3 is 5.97 Å². The normalized spacial score (nSPS) is 17.9. The summed E-state index contributed by atoms with van der Waals surface area (Å²) in [5, 5.41) is 9.39. The number of carboxylic acids is 1. The number of aliphatic carboxylic acids is 1. The predicted molar refractivity (Wildman–Crippen MR) is 77.8 cm³/mol. The zero-order valence-corrected chi connectivity index (χ0v) is 12.0. The maximum atomic E-state index is 11.4. The molecule has 0 bridgehead atoms. The molecule has 0 aromatic heterocycles. The first kappa shape index (κ1) is 14.3. The Hall–Kier alpha value is -1.16. The van der Waals surface area contributed by atoms with Crippen LogP contribution in [0.15, 0.2) is 24.3 Å². The summed E-state index contributed by atoms with van der Waals surface area (Å²) < 4.78 is 5.73. The summed E-state index contributed by atoms with van der Waals surface area (Å²) in [4.78, 5) is 11.4. The van der Waals surface area contributed by atoms with Gasteiger partial charge in [-0.05, 0) is 48.8 Å². The van der Waals surface area contributed by atoms with Gasteiger partial charge in [0.1, 0.15) is 12.4 Å². The Bertz CT molecular complexity index is 427. The van der Waals surface area contributed by atoms with E-state index in [9.17, 15) is 9.90 Å². The van der Waals surface area contributed by atoms with Gasteiger partial charge in [0.2, 0.25) is 0 Å². The fourth-order valence-corrected chi connectivity index (χ4v) is 3.57. The van der Waals surface area contributed by atoms with Crippen LogP contribution in [0.1, 0.15) is 18.4 Å². The van der Waals surface area contributed by atoms with Gasteiger partial charge in [-0.15, -0.1) is 0 Å². The highest BCUT2D eigenvalue weighted by molar-refractivity contribution is 7.99. The molecule has 1 aliphatic rings. The molecule has 1 aromatic rings. The first-order valence-electron chi connectivity index (χ1n) is 6.67. The van der Waals surface area contributed by atoms with Crippen LogP contribution in [0.4, 0.5) is 0 Å². The van der Waals surface area contributed by atoms with Crippen molar-refractivity contribution < 1.29 is 14.6 Å². The van der Waals surface area contributed by atoms with E-state index in [0.717, 1.165) is 35.7 Å². The molecule has 19 heavy (non-hydrogen) atoms. The third-order valence-electron chi connectivity index (χ3n) is 3.66. The molecular formula is C15H20O3S. The second-order valence-electron chi connectivity index (χ2n) is 4.97. The lowest BCUT2D eigenvalue weighted by molar-refractivity contribution is -0.145. The van der Waals surface area contributed by atoms with Crippen LogP contribution in [-0.2, 0) is 4.79 Å². The molecule has 104 valence electrons. The van der Waals surface area contributed by atoms with E-state index in [-0.39, 0.29) is 18.4 Å². The van der Waals surface area contributed by atoms with Crippen molar-refractivity contribution in [3.8, 4) is 5.75 Å². The Balaban J connectivity index is 1.97. The Labute approximate surface area is 118 Å². The van der Waals surface area contributed by atoms with Crippen molar-refractivity contribution in [3.05, 3.63) is 29.8 Å². The van der Waals surface area contributed by atoms with Gasteiger partial charge in [0.05, 0.1) is 5.92 Å². The van der Waals surface area contributed by atoms with Gasteiger partial charge in [-0.2, -0.15) is 11.8 Å². The highest BCUT2D eigenvalue weighted by Crippen LogP contribution is 2.30. The molecule has 1 N–H and O–H groups in total. The largest absolute Gasteiger partial charge is 0.492 e. The van der Waals surface area contributed by atoms with E-state index in [1.54, 1.807) is 0 Å². The topological polar surface area (TPSA) is 46.5 Å². The summed E-state index contributed by atoms with van der Waals surface area (Å²) in [6, 6.07) is 7.73. The molecule has 0 aliphatic carbocycles. The van der Waals surface area contributed by atoms with E-state index in [0.29, 0.717) is 0 Å². The van der Waals surface area contributed by atoms with Crippen LogP contribution in [-0.4, -0.2) is 29.2 Å². The molecule has 1 aliphatic heterocycles. The number of thioether (sulfide) groups is 1. The van der Waals surface area contributed by atoms with Crippen LogP contribution < -0.4 is 4.74 Å². The molecule has 0 spiro atoms. The molecule has 1 atom stereocenters. The van der Waals surface area contributed by atoms with E-state index in [2.05, 4.69) is 0 Å². The van der Waals surface area contributed by atoms with Gasteiger partial charge in [0.15, 0.2) is 0 Å². The molecule has 2 rings (SSSR count). The summed E-state index contributed by atoms with van der Waals surface area (Å²) in [7, 11) is 0. The molecule has 0 amide bonds. The number of aryl methyl sites for hydroxylation is 1. The number of carboxylic acid groups (broad SMARTS) is 1. The van der Waals surface area contributed by atoms with Gasteiger partial charge in [0, 0.05) is 0 Å². The van der Waals surface area contributed by atoms with Crippen molar-refractivity contribution in [2.45, 2.75) is 19.8 Å². The highest BCUT2D eigenvalue weighted by Gasteiger charge is 2.30. The molecule has 1 saturated heterocycles. The minimum absolute atomic E-state index is 0.253. The smallest absolute Gasteiger partial charge is 0.310 e. The minimum Gasteiger partial charge on any atom is -0.492 e. The molecule has 0 saturated carbocycles. The van der Waals surface area contributed by atoms with Gasteiger partial charge in [-0.1, -0.05) is 18.2 Å². The van der Waals surface area contributed by atoms with Crippen LogP contribution in [0, 0.1) is 18.8 Å². The van der Waals surface area contributed by atoms with Crippen molar-refractivity contribution in [2.24, 2.45) is 11.8 Å². The number of rotatable bonds is 5. The minimum atomic E-state index is -0.731.